The fraction of sp³-hybridized carbons (Fsp3) is 0.364. The molecule has 0 aliphatic carbocycles. The van der Waals surface area contributed by atoms with Crippen molar-refractivity contribution in [1.82, 2.24) is 29.1 Å². The number of nitrogens with two attached hydrogens (primary N) is 2. The van der Waals surface area contributed by atoms with E-state index in [-0.39, 0.29) is 11.7 Å². The van der Waals surface area contributed by atoms with Crippen LogP contribution < -0.4 is 22.1 Å². The van der Waals surface area contributed by atoms with Gasteiger partial charge in [-0.15, -0.1) is 0 Å². The highest BCUT2D eigenvalue weighted by molar-refractivity contribution is 6.07. The molecule has 12 nitrogen and oxygen atoms in total. The van der Waals surface area contributed by atoms with Crippen LogP contribution in [0.1, 0.15) is 34.6 Å². The van der Waals surface area contributed by atoms with E-state index >= 15 is 0 Å². The second kappa shape index (κ2) is 12.8. The second-order valence-corrected chi connectivity index (χ2v) is 12.1. The molecule has 0 bridgehead atoms. The molecule has 0 fully saturated rings. The van der Waals surface area contributed by atoms with Gasteiger partial charge in [-0.25, -0.2) is 19.7 Å². The summed E-state index contributed by atoms with van der Waals surface area (Å²) in [4.78, 5) is 41.5. The molecule has 0 spiro atoms. The Labute approximate surface area is 261 Å². The van der Waals surface area contributed by atoms with Crippen molar-refractivity contribution in [2.24, 2.45) is 11.8 Å². The van der Waals surface area contributed by atoms with E-state index in [1.54, 1.807) is 4.57 Å². The zero-order chi connectivity index (χ0) is 32.4. The number of imidazole rings is 2. The molecule has 12 heteroatoms. The molecule has 2 aromatic carbocycles. The molecular formula is C33H41N9O3. The van der Waals surface area contributed by atoms with E-state index < -0.39 is 0 Å². The molecule has 0 amide bonds. The Bertz CT molecular complexity index is 2060. The standard InChI is InChI=1S/C19H25N5O2.C14H16N4O/c1-12(2)11-24-17-14-7-5-6-8-15(14)21-18(20)16(17)22-19(24)23(4)9-10-26-13(3)25;1-8(2)7-18-12-9-5-3-4-6-10(9)16-13(15)11(12)17-14(18)19/h5-8,12H,9-11H2,1-4H3,(H2,20,21);3-6,8H,7H2,1-2H3,(H2,15,16)(H,17,19). The van der Waals surface area contributed by atoms with Crippen LogP contribution in [0.15, 0.2) is 53.3 Å². The normalized spacial score (nSPS) is 11.6. The number of anilines is 3. The first kappa shape index (κ1) is 31.3. The Morgan fingerprint density at radius 3 is 2.02 bits per heavy atom. The molecule has 4 heterocycles. The number of hydrogen-bond acceptors (Lipinski definition) is 9. The third-order valence-electron chi connectivity index (χ3n) is 7.40. The molecule has 0 aliphatic rings. The molecule has 0 saturated carbocycles. The molecule has 6 aromatic rings. The number of pyridine rings is 2. The Kier molecular flexibility index (Phi) is 8.94. The predicted octanol–water partition coefficient (Wildman–Crippen LogP) is 4.94. The number of carbonyl (C=O) groups excluding carboxylic acids is 1. The lowest BCUT2D eigenvalue weighted by Gasteiger charge is -2.21. The summed E-state index contributed by atoms with van der Waals surface area (Å²) in [5, 5.41) is 1.98. The van der Waals surface area contributed by atoms with Crippen LogP contribution in [0.25, 0.3) is 43.9 Å². The average Bonchev–Trinajstić information content (AvgIpc) is 3.52. The molecule has 236 valence electrons. The number of nitrogens with zero attached hydrogens (tertiary/aromatic N) is 6. The fourth-order valence-corrected chi connectivity index (χ4v) is 5.53. The van der Waals surface area contributed by atoms with Crippen LogP contribution in [0, 0.1) is 11.8 Å². The van der Waals surface area contributed by atoms with Crippen LogP contribution in [0.3, 0.4) is 0 Å². The number of carbonyl (C=O) groups is 1. The summed E-state index contributed by atoms with van der Waals surface area (Å²) in [6.07, 6.45) is 0. The number of hydrogen-bond donors (Lipinski definition) is 3. The minimum atomic E-state index is -0.284. The van der Waals surface area contributed by atoms with E-state index in [0.29, 0.717) is 54.2 Å². The minimum Gasteiger partial charge on any atom is -0.464 e. The smallest absolute Gasteiger partial charge is 0.326 e. The van der Waals surface area contributed by atoms with Crippen molar-refractivity contribution in [3.63, 3.8) is 0 Å². The van der Waals surface area contributed by atoms with Gasteiger partial charge in [0.25, 0.3) is 0 Å². The highest BCUT2D eigenvalue weighted by Gasteiger charge is 2.20. The summed E-state index contributed by atoms with van der Waals surface area (Å²) in [5.41, 5.74) is 16.9. The van der Waals surface area contributed by atoms with Crippen LogP contribution >= 0.6 is 0 Å². The number of benzene rings is 2. The van der Waals surface area contributed by atoms with Crippen molar-refractivity contribution in [2.75, 3.05) is 36.6 Å². The lowest BCUT2D eigenvalue weighted by atomic mass is 10.1. The number of nitrogens with one attached hydrogen (secondary N) is 1. The summed E-state index contributed by atoms with van der Waals surface area (Å²) in [6, 6.07) is 15.7. The van der Waals surface area contributed by atoms with Crippen LogP contribution in [-0.4, -0.2) is 55.2 Å². The van der Waals surface area contributed by atoms with Crippen molar-refractivity contribution >= 4 is 67.4 Å². The summed E-state index contributed by atoms with van der Waals surface area (Å²) in [7, 11) is 1.94. The summed E-state index contributed by atoms with van der Waals surface area (Å²) < 4.78 is 9.01. The first-order valence-corrected chi connectivity index (χ1v) is 15.1. The minimum absolute atomic E-state index is 0.131. The van der Waals surface area contributed by atoms with E-state index in [4.69, 9.17) is 21.2 Å². The number of para-hydroxylation sites is 2. The molecule has 4 aromatic heterocycles. The third kappa shape index (κ3) is 6.40. The summed E-state index contributed by atoms with van der Waals surface area (Å²) in [6.45, 7) is 12.2. The van der Waals surface area contributed by atoms with Gasteiger partial charge in [-0.2, -0.15) is 0 Å². The van der Waals surface area contributed by atoms with E-state index in [0.717, 1.165) is 45.3 Å². The van der Waals surface area contributed by atoms with Gasteiger partial charge in [0.2, 0.25) is 5.95 Å². The number of nitrogen functional groups attached to an aromatic ring is 2. The first-order valence-electron chi connectivity index (χ1n) is 15.1. The zero-order valence-corrected chi connectivity index (χ0v) is 26.7. The number of likely N-dealkylation sites (N-methyl/N-ethyl adjacent to an activating group) is 1. The second-order valence-electron chi connectivity index (χ2n) is 12.1. The van der Waals surface area contributed by atoms with Crippen molar-refractivity contribution in [3.8, 4) is 0 Å². The van der Waals surface area contributed by atoms with Crippen molar-refractivity contribution < 1.29 is 9.53 Å². The van der Waals surface area contributed by atoms with Crippen LogP contribution in [-0.2, 0) is 22.6 Å². The van der Waals surface area contributed by atoms with E-state index in [1.165, 1.54) is 6.92 Å². The van der Waals surface area contributed by atoms with Crippen LogP contribution in [0.5, 0.6) is 0 Å². The average molecular weight is 612 g/mol. The molecule has 0 aliphatic heterocycles. The molecule has 5 N–H and O–H groups in total. The Balaban J connectivity index is 0.000000186. The Hall–Kier alpha value is -5.13. The van der Waals surface area contributed by atoms with Gasteiger partial charge in [0.05, 0.1) is 28.6 Å². The van der Waals surface area contributed by atoms with Crippen LogP contribution in [0.4, 0.5) is 17.6 Å². The third-order valence-corrected chi connectivity index (χ3v) is 7.40. The maximum Gasteiger partial charge on any atom is 0.326 e. The van der Waals surface area contributed by atoms with Crippen molar-refractivity contribution in [3.05, 3.63) is 59.0 Å². The largest absolute Gasteiger partial charge is 0.464 e. The van der Waals surface area contributed by atoms with Gasteiger partial charge in [-0.3, -0.25) is 9.36 Å². The van der Waals surface area contributed by atoms with Gasteiger partial charge in [0, 0.05) is 37.8 Å². The number of aromatic nitrogens is 6. The highest BCUT2D eigenvalue weighted by atomic mass is 16.5. The fourth-order valence-electron chi connectivity index (χ4n) is 5.53. The number of rotatable bonds is 8. The number of H-pyrrole nitrogens is 1. The van der Waals surface area contributed by atoms with Gasteiger partial charge in [-0.05, 0) is 24.0 Å². The summed E-state index contributed by atoms with van der Waals surface area (Å²) >= 11 is 0. The Morgan fingerprint density at radius 2 is 1.42 bits per heavy atom. The van der Waals surface area contributed by atoms with Crippen LogP contribution in [0.2, 0.25) is 0 Å². The highest BCUT2D eigenvalue weighted by Crippen LogP contribution is 2.32. The topological polar surface area (TPSA) is 163 Å². The van der Waals surface area contributed by atoms with Gasteiger partial charge < -0.3 is 30.7 Å². The molecular weight excluding hydrogens is 570 g/mol. The van der Waals surface area contributed by atoms with E-state index in [1.807, 2.05) is 60.5 Å². The van der Waals surface area contributed by atoms with Gasteiger partial charge in [0.1, 0.15) is 23.5 Å². The molecule has 45 heavy (non-hydrogen) atoms. The zero-order valence-electron chi connectivity index (χ0n) is 26.7. The SMILES string of the molecule is CC(=O)OCCN(C)c1nc2c(N)nc3ccccc3c2n1CC(C)C.CC(C)Cn1c(=O)[nH]c2c(N)nc3ccccc3c21. The Morgan fingerprint density at radius 1 is 0.867 bits per heavy atom. The number of esters is 1. The predicted molar refractivity (Wildman–Crippen MR) is 181 cm³/mol. The van der Waals surface area contributed by atoms with Gasteiger partial charge >= 0.3 is 11.7 Å². The lowest BCUT2D eigenvalue weighted by molar-refractivity contribution is -0.140. The molecule has 6 rings (SSSR count). The maximum atomic E-state index is 12.1. The lowest BCUT2D eigenvalue weighted by Crippen LogP contribution is -2.27. The molecule has 0 radical (unpaired) electrons. The maximum absolute atomic E-state index is 12.1. The monoisotopic (exact) mass is 611 g/mol. The number of fused-ring (bicyclic) bond motifs is 6. The van der Waals surface area contributed by atoms with Gasteiger partial charge in [0.15, 0.2) is 5.82 Å². The quantitative estimate of drug-likeness (QED) is 0.202. The molecule has 0 atom stereocenters. The number of ether oxygens (including phenoxy) is 1. The van der Waals surface area contributed by atoms with E-state index in [2.05, 4.69) is 47.2 Å². The number of aromatic amines is 1. The molecule has 0 saturated heterocycles. The van der Waals surface area contributed by atoms with Crippen molar-refractivity contribution in [2.45, 2.75) is 47.7 Å². The first-order chi connectivity index (χ1) is 21.5. The van der Waals surface area contributed by atoms with Crippen molar-refractivity contribution in [1.29, 1.82) is 0 Å². The van der Waals surface area contributed by atoms with E-state index in [9.17, 15) is 9.59 Å². The van der Waals surface area contributed by atoms with Gasteiger partial charge in [-0.1, -0.05) is 64.1 Å². The summed E-state index contributed by atoms with van der Waals surface area (Å²) in [5.74, 6) is 2.12. The molecule has 0 unspecified atom stereocenters.